The first-order valence-electron chi connectivity index (χ1n) is 6.08. The van der Waals surface area contributed by atoms with E-state index in [1.54, 1.807) is 23.9 Å². The van der Waals surface area contributed by atoms with E-state index in [9.17, 15) is 9.90 Å². The van der Waals surface area contributed by atoms with Gasteiger partial charge in [0.25, 0.3) is 0 Å². The molecule has 2 rings (SSSR count). The van der Waals surface area contributed by atoms with Gasteiger partial charge in [-0.1, -0.05) is 42.5 Å². The largest absolute Gasteiger partial charge is 0.385 e. The molecule has 2 nitrogen and oxygen atoms in total. The van der Waals surface area contributed by atoms with Gasteiger partial charge in [-0.15, -0.1) is 11.8 Å². The first-order valence-corrected chi connectivity index (χ1v) is 7.06. The molecule has 2 aromatic rings. The molecule has 0 aliphatic carbocycles. The van der Waals surface area contributed by atoms with Crippen LogP contribution in [0.1, 0.15) is 22.8 Å². The summed E-state index contributed by atoms with van der Waals surface area (Å²) in [4.78, 5) is 11.6. The van der Waals surface area contributed by atoms with Crippen molar-refractivity contribution in [1.82, 2.24) is 0 Å². The third-order valence-electron chi connectivity index (χ3n) is 2.93. The minimum atomic E-state index is -0.866. The van der Waals surface area contributed by atoms with Gasteiger partial charge in [0.15, 0.2) is 0 Å². The van der Waals surface area contributed by atoms with Gasteiger partial charge in [0.1, 0.15) is 6.29 Å². The Kier molecular flexibility index (Phi) is 4.40. The van der Waals surface area contributed by atoms with Gasteiger partial charge in [0.05, 0.1) is 5.60 Å². The molecule has 0 radical (unpaired) electrons. The maximum atomic E-state index is 10.6. The van der Waals surface area contributed by atoms with Gasteiger partial charge in [-0.2, -0.15) is 0 Å². The van der Waals surface area contributed by atoms with Crippen LogP contribution in [-0.4, -0.2) is 17.1 Å². The molecule has 0 aliphatic heterocycles. The summed E-state index contributed by atoms with van der Waals surface area (Å²) in [7, 11) is 0. The molecular weight excluding hydrogens is 256 g/mol. The normalized spacial score (nSPS) is 13.8. The summed E-state index contributed by atoms with van der Waals surface area (Å²) in [6.45, 7) is 1.81. The van der Waals surface area contributed by atoms with Gasteiger partial charge < -0.3 is 5.11 Å². The number of aldehydes is 1. The Morgan fingerprint density at radius 1 is 1.11 bits per heavy atom. The highest BCUT2D eigenvalue weighted by Crippen LogP contribution is 2.29. The third-order valence-corrected chi connectivity index (χ3v) is 4.24. The zero-order chi connectivity index (χ0) is 13.7. The number of rotatable bonds is 5. The minimum Gasteiger partial charge on any atom is -0.385 e. The number of benzene rings is 2. The number of hydrogen-bond donors (Lipinski definition) is 1. The Morgan fingerprint density at radius 3 is 2.32 bits per heavy atom. The van der Waals surface area contributed by atoms with E-state index in [1.165, 1.54) is 0 Å². The van der Waals surface area contributed by atoms with E-state index in [4.69, 9.17) is 0 Å². The SMILES string of the molecule is CC(O)(CSc1ccc(C=O)cc1)c1ccccc1. The van der Waals surface area contributed by atoms with Crippen LogP contribution < -0.4 is 0 Å². The van der Waals surface area contributed by atoms with Crippen LogP contribution >= 0.6 is 11.8 Å². The monoisotopic (exact) mass is 272 g/mol. The third kappa shape index (κ3) is 3.69. The second-order valence-electron chi connectivity index (χ2n) is 4.62. The van der Waals surface area contributed by atoms with Gasteiger partial charge in [0, 0.05) is 16.2 Å². The Balaban J connectivity index is 2.03. The molecule has 0 amide bonds. The van der Waals surface area contributed by atoms with Crippen molar-refractivity contribution in [1.29, 1.82) is 0 Å². The number of thioether (sulfide) groups is 1. The smallest absolute Gasteiger partial charge is 0.150 e. The fraction of sp³-hybridized carbons (Fsp3) is 0.188. The van der Waals surface area contributed by atoms with Crippen molar-refractivity contribution in [3.8, 4) is 0 Å². The lowest BCUT2D eigenvalue weighted by Gasteiger charge is -2.23. The van der Waals surface area contributed by atoms with Crippen LogP contribution in [0, 0.1) is 0 Å². The zero-order valence-electron chi connectivity index (χ0n) is 10.7. The Bertz CT molecular complexity index is 532. The van der Waals surface area contributed by atoms with Crippen molar-refractivity contribution in [3.63, 3.8) is 0 Å². The predicted octanol–water partition coefficient (Wildman–Crippen LogP) is 3.50. The van der Waals surface area contributed by atoms with Gasteiger partial charge in [-0.05, 0) is 24.6 Å². The molecule has 1 unspecified atom stereocenters. The summed E-state index contributed by atoms with van der Waals surface area (Å²) in [5.41, 5.74) is 0.709. The van der Waals surface area contributed by atoms with E-state index < -0.39 is 5.60 Å². The number of carbonyl (C=O) groups is 1. The number of aliphatic hydroxyl groups is 1. The topological polar surface area (TPSA) is 37.3 Å². The highest BCUT2D eigenvalue weighted by atomic mass is 32.2. The quantitative estimate of drug-likeness (QED) is 0.668. The molecule has 0 spiro atoms. The predicted molar refractivity (Wildman–Crippen MR) is 78.6 cm³/mol. The van der Waals surface area contributed by atoms with E-state index in [0.29, 0.717) is 11.3 Å². The van der Waals surface area contributed by atoms with Crippen molar-refractivity contribution in [2.24, 2.45) is 0 Å². The lowest BCUT2D eigenvalue weighted by Crippen LogP contribution is -2.24. The molecule has 3 heteroatoms. The first-order chi connectivity index (χ1) is 9.12. The Hall–Kier alpha value is -1.58. The zero-order valence-corrected chi connectivity index (χ0v) is 11.6. The Morgan fingerprint density at radius 2 is 1.74 bits per heavy atom. The first kappa shape index (κ1) is 13.8. The molecule has 0 heterocycles. The van der Waals surface area contributed by atoms with E-state index in [1.807, 2.05) is 49.4 Å². The van der Waals surface area contributed by atoms with Gasteiger partial charge in [-0.25, -0.2) is 0 Å². The molecule has 0 fully saturated rings. The van der Waals surface area contributed by atoms with E-state index in [2.05, 4.69) is 0 Å². The summed E-state index contributed by atoms with van der Waals surface area (Å²) in [5.74, 6) is 0.567. The van der Waals surface area contributed by atoms with Crippen molar-refractivity contribution < 1.29 is 9.90 Å². The molecule has 19 heavy (non-hydrogen) atoms. The van der Waals surface area contributed by atoms with Crippen LogP contribution in [0.3, 0.4) is 0 Å². The second kappa shape index (κ2) is 6.04. The number of carbonyl (C=O) groups excluding carboxylic acids is 1. The van der Waals surface area contributed by atoms with Crippen molar-refractivity contribution in [3.05, 3.63) is 65.7 Å². The lowest BCUT2D eigenvalue weighted by molar-refractivity contribution is 0.0839. The second-order valence-corrected chi connectivity index (χ2v) is 5.66. The molecule has 98 valence electrons. The summed E-state index contributed by atoms with van der Waals surface area (Å²) >= 11 is 1.58. The van der Waals surface area contributed by atoms with Crippen molar-refractivity contribution >= 4 is 18.0 Å². The molecule has 0 bridgehead atoms. The summed E-state index contributed by atoms with van der Waals surface area (Å²) in [6.07, 6.45) is 0.828. The average Bonchev–Trinajstić information content (AvgIpc) is 2.47. The maximum Gasteiger partial charge on any atom is 0.150 e. The highest BCUT2D eigenvalue weighted by molar-refractivity contribution is 7.99. The lowest BCUT2D eigenvalue weighted by atomic mass is 9.99. The van der Waals surface area contributed by atoms with Crippen LogP contribution in [0.25, 0.3) is 0 Å². The molecular formula is C16H16O2S. The van der Waals surface area contributed by atoms with Crippen molar-refractivity contribution in [2.45, 2.75) is 17.4 Å². The van der Waals surface area contributed by atoms with Gasteiger partial charge in [0.2, 0.25) is 0 Å². The molecule has 0 saturated heterocycles. The number of hydrogen-bond acceptors (Lipinski definition) is 3. The maximum absolute atomic E-state index is 10.6. The summed E-state index contributed by atoms with van der Waals surface area (Å²) in [5, 5.41) is 10.5. The molecule has 2 aromatic carbocycles. The Labute approximate surface area is 117 Å². The molecule has 1 N–H and O–H groups in total. The van der Waals surface area contributed by atoms with E-state index in [-0.39, 0.29) is 0 Å². The van der Waals surface area contributed by atoms with Gasteiger partial charge >= 0.3 is 0 Å². The molecule has 0 aromatic heterocycles. The molecule has 1 atom stereocenters. The van der Waals surface area contributed by atoms with Crippen LogP contribution in [0.2, 0.25) is 0 Å². The van der Waals surface area contributed by atoms with Crippen LogP contribution in [0.15, 0.2) is 59.5 Å². The van der Waals surface area contributed by atoms with Crippen LogP contribution in [-0.2, 0) is 5.60 Å². The highest BCUT2D eigenvalue weighted by Gasteiger charge is 2.22. The molecule has 0 aliphatic rings. The standard InChI is InChI=1S/C16H16O2S/c1-16(18,14-5-3-2-4-6-14)12-19-15-9-7-13(11-17)8-10-15/h2-11,18H,12H2,1H3. The van der Waals surface area contributed by atoms with E-state index in [0.717, 1.165) is 16.7 Å². The van der Waals surface area contributed by atoms with Gasteiger partial charge in [-0.3, -0.25) is 4.79 Å². The van der Waals surface area contributed by atoms with E-state index >= 15 is 0 Å². The fourth-order valence-electron chi connectivity index (χ4n) is 1.75. The summed E-state index contributed by atoms with van der Waals surface area (Å²) < 4.78 is 0. The fourth-order valence-corrected chi connectivity index (χ4v) is 2.69. The van der Waals surface area contributed by atoms with Crippen LogP contribution in [0.5, 0.6) is 0 Å². The van der Waals surface area contributed by atoms with Crippen molar-refractivity contribution in [2.75, 3.05) is 5.75 Å². The molecule has 0 saturated carbocycles. The average molecular weight is 272 g/mol. The minimum absolute atomic E-state index is 0.567. The summed E-state index contributed by atoms with van der Waals surface area (Å²) in [6, 6.07) is 17.0. The van der Waals surface area contributed by atoms with Crippen LogP contribution in [0.4, 0.5) is 0 Å².